The summed E-state index contributed by atoms with van der Waals surface area (Å²) in [6.07, 6.45) is 4.77. The number of carbonyl (C=O) groups excluding carboxylic acids is 1. The van der Waals surface area contributed by atoms with Crippen molar-refractivity contribution in [3.63, 3.8) is 0 Å². The fourth-order valence-corrected chi connectivity index (χ4v) is 3.78. The van der Waals surface area contributed by atoms with Gasteiger partial charge in [-0.1, -0.05) is 6.08 Å². The predicted molar refractivity (Wildman–Crippen MR) is 93.7 cm³/mol. The van der Waals surface area contributed by atoms with Crippen LogP contribution in [-0.4, -0.2) is 41.9 Å². The molecule has 2 aromatic rings. The highest BCUT2D eigenvalue weighted by Crippen LogP contribution is 2.48. The molecular weight excluding hydrogens is 336 g/mol. The van der Waals surface area contributed by atoms with Crippen LogP contribution in [0.1, 0.15) is 24.4 Å². The number of fused-ring (bicyclic) bond motifs is 2. The standard InChI is InChI=1S/C18H20N4O4/c1-24-13-8-7-10(16(25-2)17(13)26-3)15-14-11(5-4-6-12(14)23)21-18-19-9-20-22(15)18/h5,7-9,14-15H,4,6H2,1-3H3,(H,19,20,21)/t14-,15-/m1/s1. The fourth-order valence-electron chi connectivity index (χ4n) is 3.78. The molecule has 1 aliphatic carbocycles. The summed E-state index contributed by atoms with van der Waals surface area (Å²) in [5.74, 6) is 1.97. The number of Topliss-reactive ketones (excluding diaryl/α,β-unsaturated/α-hetero) is 1. The molecule has 0 bridgehead atoms. The zero-order valence-corrected chi connectivity index (χ0v) is 14.9. The number of benzene rings is 1. The predicted octanol–water partition coefficient (Wildman–Crippen LogP) is 2.18. The minimum absolute atomic E-state index is 0.165. The number of nitrogens with one attached hydrogen (secondary N) is 1. The lowest BCUT2D eigenvalue weighted by Crippen LogP contribution is -2.39. The molecule has 4 rings (SSSR count). The maximum atomic E-state index is 12.8. The molecule has 0 amide bonds. The van der Waals surface area contributed by atoms with Crippen molar-refractivity contribution in [2.75, 3.05) is 26.6 Å². The van der Waals surface area contributed by atoms with Crippen molar-refractivity contribution in [2.24, 2.45) is 5.92 Å². The van der Waals surface area contributed by atoms with Crippen molar-refractivity contribution in [1.29, 1.82) is 0 Å². The second-order valence-electron chi connectivity index (χ2n) is 6.16. The van der Waals surface area contributed by atoms with Crippen LogP contribution in [0, 0.1) is 5.92 Å². The summed E-state index contributed by atoms with van der Waals surface area (Å²) in [5, 5.41) is 7.58. The molecule has 2 atom stereocenters. The fraction of sp³-hybridized carbons (Fsp3) is 0.389. The maximum absolute atomic E-state index is 12.8. The molecule has 1 aromatic heterocycles. The number of hydrogen-bond acceptors (Lipinski definition) is 7. The Balaban J connectivity index is 1.95. The van der Waals surface area contributed by atoms with E-state index in [2.05, 4.69) is 21.5 Å². The van der Waals surface area contributed by atoms with Gasteiger partial charge in [-0.25, -0.2) is 4.68 Å². The summed E-state index contributed by atoms with van der Waals surface area (Å²) < 4.78 is 18.3. The average molecular weight is 356 g/mol. The Labute approximate surface area is 150 Å². The zero-order chi connectivity index (χ0) is 18.3. The van der Waals surface area contributed by atoms with Crippen LogP contribution in [0.2, 0.25) is 0 Å². The van der Waals surface area contributed by atoms with Gasteiger partial charge < -0.3 is 19.5 Å². The lowest BCUT2D eigenvalue weighted by Gasteiger charge is -2.36. The topological polar surface area (TPSA) is 87.5 Å². The van der Waals surface area contributed by atoms with Gasteiger partial charge in [0.2, 0.25) is 11.7 Å². The third kappa shape index (κ3) is 2.33. The Bertz CT molecular complexity index is 889. The van der Waals surface area contributed by atoms with E-state index < -0.39 is 0 Å². The van der Waals surface area contributed by atoms with Crippen LogP contribution in [0.15, 0.2) is 30.2 Å². The molecule has 0 fully saturated rings. The Morgan fingerprint density at radius 3 is 2.69 bits per heavy atom. The summed E-state index contributed by atoms with van der Waals surface area (Å²) >= 11 is 0. The summed E-state index contributed by atoms with van der Waals surface area (Å²) in [7, 11) is 4.71. The molecule has 0 radical (unpaired) electrons. The molecule has 2 aliphatic rings. The minimum Gasteiger partial charge on any atom is -0.493 e. The van der Waals surface area contributed by atoms with Gasteiger partial charge in [-0.05, 0) is 18.6 Å². The van der Waals surface area contributed by atoms with Gasteiger partial charge in [0, 0.05) is 17.7 Å². The first-order valence-electron chi connectivity index (χ1n) is 8.37. The monoisotopic (exact) mass is 356 g/mol. The van der Waals surface area contributed by atoms with Crippen LogP contribution in [0.3, 0.4) is 0 Å². The number of nitrogens with zero attached hydrogens (tertiary/aromatic N) is 3. The maximum Gasteiger partial charge on any atom is 0.226 e. The SMILES string of the molecule is COc1ccc([C@@H]2[C@H]3C(=O)CCC=C3Nc3ncnn32)c(OC)c1OC. The summed E-state index contributed by atoms with van der Waals surface area (Å²) in [4.78, 5) is 17.1. The van der Waals surface area contributed by atoms with Crippen molar-refractivity contribution in [3.8, 4) is 17.2 Å². The lowest BCUT2D eigenvalue weighted by molar-refractivity contribution is -0.123. The number of allylic oxidation sites excluding steroid dienone is 2. The van der Waals surface area contributed by atoms with Crippen LogP contribution in [0.25, 0.3) is 0 Å². The number of ether oxygens (including phenoxy) is 3. The van der Waals surface area contributed by atoms with Crippen LogP contribution < -0.4 is 19.5 Å². The first kappa shape index (κ1) is 16.4. The van der Waals surface area contributed by atoms with Gasteiger partial charge in [0.1, 0.15) is 12.1 Å². The molecule has 1 aromatic carbocycles. The average Bonchev–Trinajstić information content (AvgIpc) is 3.13. The molecule has 26 heavy (non-hydrogen) atoms. The van der Waals surface area contributed by atoms with Gasteiger partial charge in [0.05, 0.1) is 33.3 Å². The van der Waals surface area contributed by atoms with Crippen molar-refractivity contribution >= 4 is 11.7 Å². The number of rotatable bonds is 4. The second-order valence-corrected chi connectivity index (χ2v) is 6.16. The van der Waals surface area contributed by atoms with Crippen LogP contribution >= 0.6 is 0 Å². The van der Waals surface area contributed by atoms with Crippen molar-refractivity contribution in [2.45, 2.75) is 18.9 Å². The minimum atomic E-state index is -0.373. The number of aromatic nitrogens is 3. The third-order valence-electron chi connectivity index (χ3n) is 4.90. The first-order chi connectivity index (χ1) is 12.7. The third-order valence-corrected chi connectivity index (χ3v) is 4.90. The van der Waals surface area contributed by atoms with Crippen LogP contribution in [-0.2, 0) is 4.79 Å². The molecule has 136 valence electrons. The molecule has 2 heterocycles. The number of anilines is 1. The van der Waals surface area contributed by atoms with Gasteiger partial charge in [-0.15, -0.1) is 0 Å². The van der Waals surface area contributed by atoms with E-state index >= 15 is 0 Å². The van der Waals surface area contributed by atoms with E-state index in [0.717, 1.165) is 17.7 Å². The molecule has 0 unspecified atom stereocenters. The molecular formula is C18H20N4O4. The van der Waals surface area contributed by atoms with Gasteiger partial charge in [0.15, 0.2) is 11.5 Å². The van der Waals surface area contributed by atoms with Crippen molar-refractivity contribution in [1.82, 2.24) is 14.8 Å². The van der Waals surface area contributed by atoms with E-state index in [1.807, 2.05) is 12.1 Å². The van der Waals surface area contributed by atoms with Crippen LogP contribution in [0.4, 0.5) is 5.95 Å². The van der Waals surface area contributed by atoms with E-state index in [0.29, 0.717) is 29.6 Å². The molecule has 0 spiro atoms. The van der Waals surface area contributed by atoms with Gasteiger partial charge in [-0.3, -0.25) is 4.79 Å². The summed E-state index contributed by atoms with van der Waals surface area (Å²) in [5.41, 5.74) is 1.66. The Morgan fingerprint density at radius 1 is 1.15 bits per heavy atom. The highest BCUT2D eigenvalue weighted by molar-refractivity contribution is 5.87. The molecule has 0 saturated carbocycles. The smallest absolute Gasteiger partial charge is 0.226 e. The quantitative estimate of drug-likeness (QED) is 0.898. The van der Waals surface area contributed by atoms with E-state index in [4.69, 9.17) is 14.2 Å². The van der Waals surface area contributed by atoms with Gasteiger partial charge >= 0.3 is 0 Å². The second kappa shape index (κ2) is 6.36. The van der Waals surface area contributed by atoms with Gasteiger partial charge in [0.25, 0.3) is 0 Å². The molecule has 0 saturated heterocycles. The van der Waals surface area contributed by atoms with Gasteiger partial charge in [-0.2, -0.15) is 10.1 Å². The van der Waals surface area contributed by atoms with E-state index in [1.54, 1.807) is 26.0 Å². The molecule has 1 N–H and O–H groups in total. The summed E-state index contributed by atoms with van der Waals surface area (Å²) in [6, 6.07) is 3.33. The Hall–Kier alpha value is -3.03. The highest BCUT2D eigenvalue weighted by atomic mass is 16.5. The van der Waals surface area contributed by atoms with E-state index in [-0.39, 0.29) is 17.7 Å². The number of methoxy groups -OCH3 is 3. The summed E-state index contributed by atoms with van der Waals surface area (Å²) in [6.45, 7) is 0. The Morgan fingerprint density at radius 2 is 1.96 bits per heavy atom. The van der Waals surface area contributed by atoms with Crippen LogP contribution in [0.5, 0.6) is 17.2 Å². The number of hydrogen-bond donors (Lipinski definition) is 1. The number of ketones is 1. The normalized spacial score (nSPS) is 21.2. The molecule has 1 aliphatic heterocycles. The van der Waals surface area contributed by atoms with Crippen molar-refractivity contribution in [3.05, 3.63) is 35.8 Å². The lowest BCUT2D eigenvalue weighted by atomic mass is 9.80. The Kier molecular flexibility index (Phi) is 4.02. The first-order valence-corrected chi connectivity index (χ1v) is 8.37. The van der Waals surface area contributed by atoms with E-state index in [9.17, 15) is 4.79 Å². The highest BCUT2D eigenvalue weighted by Gasteiger charge is 2.42. The van der Waals surface area contributed by atoms with E-state index in [1.165, 1.54) is 6.33 Å². The number of carbonyl (C=O) groups is 1. The van der Waals surface area contributed by atoms with Crippen molar-refractivity contribution < 1.29 is 19.0 Å². The zero-order valence-electron chi connectivity index (χ0n) is 14.9. The molecule has 8 nitrogen and oxygen atoms in total. The largest absolute Gasteiger partial charge is 0.493 e. The molecule has 8 heteroatoms.